The van der Waals surface area contributed by atoms with Gasteiger partial charge in [0.15, 0.2) is 0 Å². The molecule has 1 unspecified atom stereocenters. The first-order valence-electron chi connectivity index (χ1n) is 22.8. The fraction of sp³-hybridized carbons (Fsp3) is 0.194. The van der Waals surface area contributed by atoms with E-state index in [0.717, 1.165) is 0 Å². The molecule has 0 aromatic heterocycles. The van der Waals surface area contributed by atoms with E-state index in [2.05, 4.69) is 230 Å². The zero-order valence-corrected chi connectivity index (χ0v) is 38.3. The molecular weight excluding hydrogens is 745 g/mol. The third-order valence-electron chi connectivity index (χ3n) is 12.2. The summed E-state index contributed by atoms with van der Waals surface area (Å²) >= 11 is 0. The third kappa shape index (κ3) is 8.53. The van der Waals surface area contributed by atoms with Crippen molar-refractivity contribution in [2.45, 2.75) is 81.1 Å². The molecule has 1 aliphatic carbocycles. The second-order valence-corrected chi connectivity index (χ2v) is 16.4. The molecule has 9 aromatic rings. The van der Waals surface area contributed by atoms with Crippen molar-refractivity contribution in [3.63, 3.8) is 0 Å². The first-order chi connectivity index (χ1) is 30.3. The molecule has 0 radical (unpaired) electrons. The Morgan fingerprint density at radius 1 is 0.371 bits per heavy atom. The molecule has 0 heteroatoms. The van der Waals surface area contributed by atoms with E-state index in [0.29, 0.717) is 5.92 Å². The normalized spacial score (nSPS) is 11.4. The van der Waals surface area contributed by atoms with Crippen molar-refractivity contribution in [3.8, 4) is 66.8 Å². The van der Waals surface area contributed by atoms with Gasteiger partial charge in [0.1, 0.15) is 0 Å². The smallest absolute Gasteiger partial charge is 0.000741 e. The second kappa shape index (κ2) is 19.9. The predicted octanol–water partition coefficient (Wildman–Crippen LogP) is 18.9. The van der Waals surface area contributed by atoms with Crippen LogP contribution in [0.25, 0.3) is 88.3 Å². The van der Waals surface area contributed by atoms with Crippen LogP contribution in [-0.4, -0.2) is 0 Å². The molecule has 0 fully saturated rings. The summed E-state index contributed by atoms with van der Waals surface area (Å²) in [5.74, 6) is 0.704. The van der Waals surface area contributed by atoms with Crippen molar-refractivity contribution in [1.29, 1.82) is 0 Å². The molecule has 0 heterocycles. The van der Waals surface area contributed by atoms with Gasteiger partial charge in [0.05, 0.1) is 0 Å². The highest BCUT2D eigenvalue weighted by Crippen LogP contribution is 2.58. The summed E-state index contributed by atoms with van der Waals surface area (Å²) in [7, 11) is 0. The summed E-state index contributed by atoms with van der Waals surface area (Å²) < 4.78 is 0. The molecule has 9 aromatic carbocycles. The molecule has 0 aliphatic heterocycles. The third-order valence-corrected chi connectivity index (χ3v) is 12.2. The van der Waals surface area contributed by atoms with E-state index in [1.807, 2.05) is 13.8 Å². The Bertz CT molecular complexity index is 2820. The van der Waals surface area contributed by atoms with Gasteiger partial charge in [-0.15, -0.1) is 0 Å². The minimum absolute atomic E-state index is 0.704. The number of rotatable bonds is 6. The van der Waals surface area contributed by atoms with Crippen molar-refractivity contribution >= 4 is 21.5 Å². The highest BCUT2D eigenvalue weighted by atomic mass is 14.3. The summed E-state index contributed by atoms with van der Waals surface area (Å²) in [6, 6.07) is 67.0. The average molecular weight is 807 g/mol. The van der Waals surface area contributed by atoms with Crippen LogP contribution in [0.5, 0.6) is 0 Å². The lowest BCUT2D eigenvalue weighted by molar-refractivity contribution is 0.733. The lowest BCUT2D eigenvalue weighted by Gasteiger charge is -2.20. The maximum Gasteiger partial charge on any atom is -0.000741 e. The van der Waals surface area contributed by atoms with Gasteiger partial charge >= 0.3 is 0 Å². The van der Waals surface area contributed by atoms with Crippen molar-refractivity contribution in [3.05, 3.63) is 204 Å². The van der Waals surface area contributed by atoms with Crippen LogP contribution in [0, 0.1) is 20.8 Å². The van der Waals surface area contributed by atoms with Crippen LogP contribution >= 0.6 is 0 Å². The number of hydrogen-bond donors (Lipinski definition) is 0. The van der Waals surface area contributed by atoms with Gasteiger partial charge < -0.3 is 0 Å². The molecule has 0 spiro atoms. The molecule has 310 valence electrons. The number of benzene rings is 9. The molecule has 0 bridgehead atoms. The fourth-order valence-electron chi connectivity index (χ4n) is 8.95. The van der Waals surface area contributed by atoms with Crippen LogP contribution in [0.1, 0.15) is 82.6 Å². The number of aryl methyl sites for hydroxylation is 3. The van der Waals surface area contributed by atoms with Crippen LogP contribution in [-0.2, 0) is 0 Å². The van der Waals surface area contributed by atoms with E-state index < -0.39 is 0 Å². The van der Waals surface area contributed by atoms with E-state index in [4.69, 9.17) is 0 Å². The Labute approximate surface area is 372 Å². The van der Waals surface area contributed by atoms with E-state index in [-0.39, 0.29) is 0 Å². The maximum absolute atomic E-state index is 2.39. The largest absolute Gasteiger partial charge is 0.0683 e. The molecule has 62 heavy (non-hydrogen) atoms. The van der Waals surface area contributed by atoms with Gasteiger partial charge in [-0.3, -0.25) is 0 Å². The molecule has 1 aliphatic rings. The minimum atomic E-state index is 0.704. The second-order valence-electron chi connectivity index (χ2n) is 16.4. The van der Waals surface area contributed by atoms with Crippen molar-refractivity contribution in [1.82, 2.24) is 0 Å². The SMILES string of the molecule is CC.CCC.CCC(C)c1ccc(C)cc1.Cc1ccccc1-c1cc(-c2ccc3c4c(cccc24)-c2c-3c(-c3ccccc3)c3ccccc3c2-c2ccccc2)ccc1C. The Morgan fingerprint density at radius 2 is 0.839 bits per heavy atom. The van der Waals surface area contributed by atoms with Crippen molar-refractivity contribution in [2.24, 2.45) is 0 Å². The van der Waals surface area contributed by atoms with Gasteiger partial charge in [-0.2, -0.15) is 0 Å². The maximum atomic E-state index is 2.39. The van der Waals surface area contributed by atoms with Gasteiger partial charge in [-0.1, -0.05) is 229 Å². The zero-order valence-electron chi connectivity index (χ0n) is 38.3. The summed E-state index contributed by atoms with van der Waals surface area (Å²) in [6.45, 7) is 19.3. The molecule has 0 saturated heterocycles. The highest BCUT2D eigenvalue weighted by Gasteiger charge is 2.31. The van der Waals surface area contributed by atoms with Gasteiger partial charge in [0.25, 0.3) is 0 Å². The molecule has 0 saturated carbocycles. The van der Waals surface area contributed by atoms with E-state index in [1.165, 1.54) is 123 Å². The standard InChI is InChI=1S/C46H32.C11H16.C3H8.C2H6/c1-29-14-9-10-19-34(29)41-28-33(25-24-30(41)2)35-26-27-40-44-36(35)22-13-23-39(44)45-42(31-15-5-3-6-16-31)37-20-11-12-21-38(37)43(46(40)45)32-17-7-4-8-18-32;1-4-10(3)11-7-5-9(2)6-8-11;1-3-2;1-2/h3-28H,1-2H3;5-8,10H,4H2,1-3H3;3H2,1-2H3;1-2H3. The number of fused-ring (bicyclic) bond motifs is 4. The van der Waals surface area contributed by atoms with E-state index in [1.54, 1.807) is 0 Å². The first-order valence-corrected chi connectivity index (χ1v) is 22.8. The van der Waals surface area contributed by atoms with Crippen molar-refractivity contribution in [2.75, 3.05) is 0 Å². The van der Waals surface area contributed by atoms with Crippen LogP contribution < -0.4 is 0 Å². The number of hydrogen-bond acceptors (Lipinski definition) is 0. The fourth-order valence-corrected chi connectivity index (χ4v) is 8.95. The Kier molecular flexibility index (Phi) is 14.0. The van der Waals surface area contributed by atoms with Crippen LogP contribution in [0.4, 0.5) is 0 Å². The van der Waals surface area contributed by atoms with Crippen LogP contribution in [0.2, 0.25) is 0 Å². The first kappa shape index (κ1) is 43.6. The Balaban J connectivity index is 0.000000310. The summed E-state index contributed by atoms with van der Waals surface area (Å²) in [6.07, 6.45) is 2.48. The Morgan fingerprint density at radius 3 is 1.40 bits per heavy atom. The summed E-state index contributed by atoms with van der Waals surface area (Å²) in [4.78, 5) is 0. The molecular formula is C62H62. The lowest BCUT2D eigenvalue weighted by atomic mass is 9.82. The van der Waals surface area contributed by atoms with E-state index >= 15 is 0 Å². The molecule has 1 atom stereocenters. The molecule has 10 rings (SSSR count). The predicted molar refractivity (Wildman–Crippen MR) is 274 cm³/mol. The summed E-state index contributed by atoms with van der Waals surface area (Å²) in [5.41, 5.74) is 21.0. The lowest BCUT2D eigenvalue weighted by Crippen LogP contribution is -1.93. The minimum Gasteiger partial charge on any atom is -0.0683 e. The summed E-state index contributed by atoms with van der Waals surface area (Å²) in [5, 5.41) is 5.22. The van der Waals surface area contributed by atoms with Crippen molar-refractivity contribution < 1.29 is 0 Å². The molecule has 0 amide bonds. The highest BCUT2D eigenvalue weighted by molar-refractivity contribution is 6.28. The topological polar surface area (TPSA) is 0 Å². The zero-order chi connectivity index (χ0) is 43.8. The van der Waals surface area contributed by atoms with E-state index in [9.17, 15) is 0 Å². The van der Waals surface area contributed by atoms with Crippen LogP contribution in [0.15, 0.2) is 182 Å². The van der Waals surface area contributed by atoms with Gasteiger partial charge in [0.2, 0.25) is 0 Å². The van der Waals surface area contributed by atoms with Gasteiger partial charge in [0, 0.05) is 0 Å². The van der Waals surface area contributed by atoms with Gasteiger partial charge in [-0.25, -0.2) is 0 Å². The molecule has 0 N–H and O–H groups in total. The monoisotopic (exact) mass is 806 g/mol. The average Bonchev–Trinajstić information content (AvgIpc) is 3.65. The van der Waals surface area contributed by atoms with Crippen LogP contribution in [0.3, 0.4) is 0 Å². The quantitative estimate of drug-likeness (QED) is 0.157. The molecule has 0 nitrogen and oxygen atoms in total. The van der Waals surface area contributed by atoms with Gasteiger partial charge in [-0.05, 0) is 144 Å². The Hall–Kier alpha value is -6.50.